The van der Waals surface area contributed by atoms with E-state index in [0.29, 0.717) is 12.3 Å². The lowest BCUT2D eigenvalue weighted by Gasteiger charge is -2.40. The average molecular weight is 279 g/mol. The van der Waals surface area contributed by atoms with Crippen LogP contribution in [0.2, 0.25) is 0 Å². The average Bonchev–Trinajstić information content (AvgIpc) is 2.63. The van der Waals surface area contributed by atoms with E-state index in [-0.39, 0.29) is 17.2 Å². The van der Waals surface area contributed by atoms with Crippen LogP contribution in [0.4, 0.5) is 0 Å². The third kappa shape index (κ3) is 3.62. The van der Waals surface area contributed by atoms with E-state index in [2.05, 4.69) is 11.8 Å². The first-order valence-electron chi connectivity index (χ1n) is 8.33. The van der Waals surface area contributed by atoms with Gasteiger partial charge in [-0.3, -0.25) is 9.59 Å². The van der Waals surface area contributed by atoms with Gasteiger partial charge in [-0.05, 0) is 32.6 Å². The molecule has 1 aliphatic carbocycles. The maximum Gasteiger partial charge on any atom is 0.228 e. The van der Waals surface area contributed by atoms with Crippen molar-refractivity contribution in [3.8, 4) is 0 Å². The van der Waals surface area contributed by atoms with Gasteiger partial charge in [-0.15, -0.1) is 0 Å². The van der Waals surface area contributed by atoms with Crippen LogP contribution in [0, 0.1) is 5.41 Å². The molecule has 2 fully saturated rings. The molecule has 0 aromatic carbocycles. The summed E-state index contributed by atoms with van der Waals surface area (Å²) < 4.78 is 0. The molecule has 0 aromatic heterocycles. The molecule has 2 aliphatic rings. The summed E-state index contributed by atoms with van der Waals surface area (Å²) in [7, 11) is 0. The monoisotopic (exact) mass is 279 g/mol. The van der Waals surface area contributed by atoms with Gasteiger partial charge in [0.05, 0.1) is 0 Å². The lowest BCUT2D eigenvalue weighted by atomic mass is 9.74. The van der Waals surface area contributed by atoms with Gasteiger partial charge >= 0.3 is 0 Å². The van der Waals surface area contributed by atoms with Crippen LogP contribution in [0.3, 0.4) is 0 Å². The van der Waals surface area contributed by atoms with E-state index in [9.17, 15) is 9.59 Å². The number of ketones is 1. The largest absolute Gasteiger partial charge is 0.339 e. The number of Topliss-reactive ketones (excluding diaryl/α,β-unsaturated/α-hetero) is 1. The van der Waals surface area contributed by atoms with Crippen LogP contribution in [0.5, 0.6) is 0 Å². The third-order valence-corrected chi connectivity index (χ3v) is 5.13. The number of amides is 1. The highest BCUT2D eigenvalue weighted by Gasteiger charge is 2.40. The zero-order valence-corrected chi connectivity index (χ0v) is 13.1. The van der Waals surface area contributed by atoms with Crippen molar-refractivity contribution in [1.29, 1.82) is 0 Å². The van der Waals surface area contributed by atoms with Crippen LogP contribution in [-0.2, 0) is 9.59 Å². The van der Waals surface area contributed by atoms with Crippen LogP contribution in [0.25, 0.3) is 0 Å². The van der Waals surface area contributed by atoms with E-state index >= 15 is 0 Å². The smallest absolute Gasteiger partial charge is 0.228 e. The fraction of sp³-hybridized carbons (Fsp3) is 0.882. The molecule has 0 N–H and O–H groups in total. The van der Waals surface area contributed by atoms with E-state index in [1.54, 1.807) is 6.92 Å². The normalized spacial score (nSPS) is 26.9. The highest BCUT2D eigenvalue weighted by Crippen LogP contribution is 2.38. The van der Waals surface area contributed by atoms with Crippen LogP contribution in [0.15, 0.2) is 0 Å². The summed E-state index contributed by atoms with van der Waals surface area (Å²) in [5, 5.41) is 0. The van der Waals surface area contributed by atoms with Gasteiger partial charge in [0, 0.05) is 24.4 Å². The van der Waals surface area contributed by atoms with Gasteiger partial charge in [0.1, 0.15) is 5.78 Å². The lowest BCUT2D eigenvalue weighted by molar-refractivity contribution is -0.146. The lowest BCUT2D eigenvalue weighted by Crippen LogP contribution is -2.48. The SMILES string of the molecule is CC(=O)CC1CCCCCN1C(=O)C1(C)CCCCC1. The maximum atomic E-state index is 13.0. The molecule has 2 rings (SSSR count). The van der Waals surface area contributed by atoms with Crippen LogP contribution >= 0.6 is 0 Å². The molecule has 1 aliphatic heterocycles. The highest BCUT2D eigenvalue weighted by atomic mass is 16.2. The molecule has 0 aromatic rings. The van der Waals surface area contributed by atoms with Crippen molar-refractivity contribution >= 4 is 11.7 Å². The van der Waals surface area contributed by atoms with Gasteiger partial charge < -0.3 is 4.90 Å². The van der Waals surface area contributed by atoms with E-state index in [0.717, 1.165) is 38.6 Å². The zero-order valence-electron chi connectivity index (χ0n) is 13.1. The zero-order chi connectivity index (χ0) is 14.6. The van der Waals surface area contributed by atoms with Crippen molar-refractivity contribution < 1.29 is 9.59 Å². The van der Waals surface area contributed by atoms with Crippen LogP contribution in [-0.4, -0.2) is 29.2 Å². The van der Waals surface area contributed by atoms with E-state index in [1.165, 1.54) is 25.7 Å². The molecule has 20 heavy (non-hydrogen) atoms. The summed E-state index contributed by atoms with van der Waals surface area (Å²) in [6.07, 6.45) is 10.6. The summed E-state index contributed by atoms with van der Waals surface area (Å²) in [5.41, 5.74) is -0.169. The number of hydrogen-bond donors (Lipinski definition) is 0. The molecule has 1 saturated heterocycles. The molecular weight excluding hydrogens is 250 g/mol. The fourth-order valence-electron chi connectivity index (χ4n) is 3.88. The molecule has 3 nitrogen and oxygen atoms in total. The Morgan fingerprint density at radius 2 is 1.70 bits per heavy atom. The van der Waals surface area contributed by atoms with E-state index < -0.39 is 0 Å². The maximum absolute atomic E-state index is 13.0. The minimum atomic E-state index is -0.169. The second kappa shape index (κ2) is 6.73. The van der Waals surface area contributed by atoms with Crippen molar-refractivity contribution in [1.82, 2.24) is 4.90 Å². The summed E-state index contributed by atoms with van der Waals surface area (Å²) in [4.78, 5) is 26.6. The second-order valence-electron chi connectivity index (χ2n) is 7.03. The first-order valence-corrected chi connectivity index (χ1v) is 8.33. The van der Waals surface area contributed by atoms with Gasteiger partial charge in [-0.25, -0.2) is 0 Å². The number of carbonyl (C=O) groups is 2. The van der Waals surface area contributed by atoms with Crippen LogP contribution in [0.1, 0.15) is 78.1 Å². The Morgan fingerprint density at radius 3 is 2.35 bits per heavy atom. The Bertz CT molecular complexity index is 358. The fourth-order valence-corrected chi connectivity index (χ4v) is 3.88. The van der Waals surface area contributed by atoms with Crippen molar-refractivity contribution in [2.75, 3.05) is 6.54 Å². The Kier molecular flexibility index (Phi) is 5.22. The standard InChI is InChI=1S/C17H29NO2/c1-14(19)13-15-9-5-3-8-12-18(15)16(20)17(2)10-6-4-7-11-17/h15H,3-13H2,1-2H3. The van der Waals surface area contributed by atoms with Gasteiger partial charge in [-0.2, -0.15) is 0 Å². The predicted octanol–water partition coefficient (Wildman–Crippen LogP) is 3.71. The Balaban J connectivity index is 2.12. The summed E-state index contributed by atoms with van der Waals surface area (Å²) >= 11 is 0. The predicted molar refractivity (Wildman–Crippen MR) is 80.5 cm³/mol. The van der Waals surface area contributed by atoms with Gasteiger partial charge in [0.25, 0.3) is 0 Å². The van der Waals surface area contributed by atoms with Crippen molar-refractivity contribution in [3.63, 3.8) is 0 Å². The van der Waals surface area contributed by atoms with Gasteiger partial charge in [-0.1, -0.05) is 39.0 Å². The molecule has 0 bridgehead atoms. The summed E-state index contributed by atoms with van der Waals surface area (Å²) in [6, 6.07) is 0.154. The van der Waals surface area contributed by atoms with E-state index in [4.69, 9.17) is 0 Å². The van der Waals surface area contributed by atoms with Gasteiger partial charge in [0.2, 0.25) is 5.91 Å². The molecule has 0 spiro atoms. The summed E-state index contributed by atoms with van der Waals surface area (Å²) in [6.45, 7) is 4.65. The summed E-state index contributed by atoms with van der Waals surface area (Å²) in [5.74, 6) is 0.536. The number of carbonyl (C=O) groups excluding carboxylic acids is 2. The molecule has 3 heteroatoms. The molecular formula is C17H29NO2. The topological polar surface area (TPSA) is 37.4 Å². The first-order chi connectivity index (χ1) is 9.53. The Morgan fingerprint density at radius 1 is 1.05 bits per heavy atom. The Labute approximate surface area is 123 Å². The first kappa shape index (κ1) is 15.5. The quantitative estimate of drug-likeness (QED) is 0.790. The van der Waals surface area contributed by atoms with Crippen molar-refractivity contribution in [3.05, 3.63) is 0 Å². The van der Waals surface area contributed by atoms with E-state index in [1.807, 2.05) is 0 Å². The highest BCUT2D eigenvalue weighted by molar-refractivity contribution is 5.84. The Hall–Kier alpha value is -0.860. The molecule has 114 valence electrons. The molecule has 1 atom stereocenters. The van der Waals surface area contributed by atoms with Crippen molar-refractivity contribution in [2.45, 2.75) is 84.1 Å². The minimum Gasteiger partial charge on any atom is -0.339 e. The molecule has 1 unspecified atom stereocenters. The number of nitrogens with zero attached hydrogens (tertiary/aromatic N) is 1. The molecule has 1 heterocycles. The number of rotatable bonds is 3. The second-order valence-corrected chi connectivity index (χ2v) is 7.03. The molecule has 0 radical (unpaired) electrons. The van der Waals surface area contributed by atoms with Crippen LogP contribution < -0.4 is 0 Å². The van der Waals surface area contributed by atoms with Gasteiger partial charge in [0.15, 0.2) is 0 Å². The number of hydrogen-bond acceptors (Lipinski definition) is 2. The minimum absolute atomic E-state index is 0.154. The molecule has 1 amide bonds. The third-order valence-electron chi connectivity index (χ3n) is 5.13. The number of likely N-dealkylation sites (tertiary alicyclic amines) is 1. The van der Waals surface area contributed by atoms with Crippen molar-refractivity contribution in [2.24, 2.45) is 5.41 Å². The molecule has 1 saturated carbocycles.